The van der Waals surface area contributed by atoms with E-state index in [4.69, 9.17) is 9.15 Å². The van der Waals surface area contributed by atoms with Crippen LogP contribution in [0.1, 0.15) is 18.0 Å². The van der Waals surface area contributed by atoms with Crippen LogP contribution in [0.5, 0.6) is 6.01 Å². The summed E-state index contributed by atoms with van der Waals surface area (Å²) in [5.41, 5.74) is 1.11. The predicted octanol–water partition coefficient (Wildman–Crippen LogP) is 2.38. The third kappa shape index (κ3) is 2.92. The Morgan fingerprint density at radius 3 is 2.73 bits per heavy atom. The topological polar surface area (TPSA) is 78.9 Å². The lowest BCUT2D eigenvalue weighted by molar-refractivity contribution is 0.116. The smallest absolute Gasteiger partial charge is 0.314 e. The van der Waals surface area contributed by atoms with E-state index in [0.717, 1.165) is 0 Å². The van der Waals surface area contributed by atoms with Gasteiger partial charge in [-0.3, -0.25) is 4.98 Å². The molecule has 3 aromatic rings. The fourth-order valence-electron chi connectivity index (χ4n) is 1.71. The van der Waals surface area contributed by atoms with Crippen molar-refractivity contribution in [1.82, 2.24) is 24.7 Å². The van der Waals surface area contributed by atoms with E-state index in [1.807, 2.05) is 7.05 Å². The second kappa shape index (κ2) is 5.88. The Hall–Kier alpha value is -2.84. The highest BCUT2D eigenvalue weighted by Crippen LogP contribution is 2.22. The Kier molecular flexibility index (Phi) is 3.77. The average molecular weight is 307 g/mol. The molecule has 7 nitrogen and oxygen atoms in total. The summed E-state index contributed by atoms with van der Waals surface area (Å²) >= 11 is 0. The number of ether oxygens (including phenoxy) is 1. The molecule has 0 saturated heterocycles. The second-order valence-electron chi connectivity index (χ2n) is 4.39. The van der Waals surface area contributed by atoms with E-state index in [1.165, 1.54) is 6.20 Å². The van der Waals surface area contributed by atoms with Crippen molar-refractivity contribution in [3.8, 4) is 17.5 Å². The van der Waals surface area contributed by atoms with Gasteiger partial charge in [-0.1, -0.05) is 0 Å². The molecule has 0 aliphatic rings. The summed E-state index contributed by atoms with van der Waals surface area (Å²) in [6, 6.07) is 3.81. The first-order valence-electron chi connectivity index (χ1n) is 6.30. The van der Waals surface area contributed by atoms with E-state index in [2.05, 4.69) is 20.2 Å². The lowest BCUT2D eigenvalue weighted by atomic mass is 10.2. The minimum absolute atomic E-state index is 0.000584. The molecule has 0 unspecified atom stereocenters. The molecule has 0 N–H and O–H groups in total. The van der Waals surface area contributed by atoms with Crippen molar-refractivity contribution in [2.24, 2.45) is 7.05 Å². The van der Waals surface area contributed by atoms with Crippen LogP contribution in [0.25, 0.3) is 11.5 Å². The van der Waals surface area contributed by atoms with Crippen molar-refractivity contribution >= 4 is 0 Å². The molecular formula is C13H11F2N5O2. The SMILES string of the molecule is Cn1ccnc1OCc1ccc(-c2nnc(C(F)F)o2)cn1. The summed E-state index contributed by atoms with van der Waals surface area (Å²) in [7, 11) is 1.81. The van der Waals surface area contributed by atoms with Crippen LogP contribution in [-0.2, 0) is 13.7 Å². The molecule has 0 radical (unpaired) electrons. The molecule has 3 heterocycles. The molecule has 0 aliphatic carbocycles. The standard InChI is InChI=1S/C13H11F2N5O2/c1-20-5-4-16-13(20)21-7-9-3-2-8(6-17-9)11-18-19-12(22-11)10(14)15/h2-6,10H,7H2,1H3. The summed E-state index contributed by atoms with van der Waals surface area (Å²) in [6.45, 7) is 0.233. The molecule has 3 rings (SSSR count). The highest BCUT2D eigenvalue weighted by atomic mass is 19.3. The first kappa shape index (κ1) is 14.1. The second-order valence-corrected chi connectivity index (χ2v) is 4.39. The molecule has 0 fully saturated rings. The highest BCUT2D eigenvalue weighted by molar-refractivity contribution is 5.50. The van der Waals surface area contributed by atoms with Gasteiger partial charge in [0.25, 0.3) is 11.9 Å². The summed E-state index contributed by atoms with van der Waals surface area (Å²) in [6.07, 6.45) is 2.06. The first-order valence-corrected chi connectivity index (χ1v) is 6.30. The molecular weight excluding hydrogens is 296 g/mol. The van der Waals surface area contributed by atoms with Crippen LogP contribution in [-0.4, -0.2) is 24.7 Å². The van der Waals surface area contributed by atoms with Crippen molar-refractivity contribution < 1.29 is 17.9 Å². The number of hydrogen-bond acceptors (Lipinski definition) is 6. The minimum atomic E-state index is -2.79. The third-order valence-electron chi connectivity index (χ3n) is 2.83. The summed E-state index contributed by atoms with van der Waals surface area (Å²) < 4.78 is 36.8. The number of aryl methyl sites for hydroxylation is 1. The molecule has 0 amide bonds. The Morgan fingerprint density at radius 1 is 1.27 bits per heavy atom. The predicted molar refractivity (Wildman–Crippen MR) is 70.0 cm³/mol. The van der Waals surface area contributed by atoms with Crippen LogP contribution in [0.4, 0.5) is 8.78 Å². The van der Waals surface area contributed by atoms with Crippen molar-refractivity contribution in [1.29, 1.82) is 0 Å². The molecule has 0 atom stereocenters. The molecule has 3 aromatic heterocycles. The fourth-order valence-corrected chi connectivity index (χ4v) is 1.71. The van der Waals surface area contributed by atoms with Crippen LogP contribution >= 0.6 is 0 Å². The van der Waals surface area contributed by atoms with Gasteiger partial charge in [-0.05, 0) is 12.1 Å². The van der Waals surface area contributed by atoms with E-state index < -0.39 is 12.3 Å². The largest absolute Gasteiger partial charge is 0.458 e. The zero-order valence-electron chi connectivity index (χ0n) is 11.5. The zero-order valence-corrected chi connectivity index (χ0v) is 11.5. The van der Waals surface area contributed by atoms with Crippen LogP contribution in [0.15, 0.2) is 35.1 Å². The maximum atomic E-state index is 12.4. The van der Waals surface area contributed by atoms with Crippen molar-refractivity contribution in [3.05, 3.63) is 42.3 Å². The molecule has 22 heavy (non-hydrogen) atoms. The van der Waals surface area contributed by atoms with Crippen molar-refractivity contribution in [2.75, 3.05) is 0 Å². The maximum absolute atomic E-state index is 12.4. The van der Waals surface area contributed by atoms with Gasteiger partial charge < -0.3 is 13.7 Å². The van der Waals surface area contributed by atoms with Gasteiger partial charge in [0.1, 0.15) is 6.61 Å². The first-order chi connectivity index (χ1) is 10.6. The van der Waals surface area contributed by atoms with Crippen LogP contribution in [0.2, 0.25) is 0 Å². The summed E-state index contributed by atoms with van der Waals surface area (Å²) in [4.78, 5) is 8.18. The third-order valence-corrected chi connectivity index (χ3v) is 2.83. The zero-order chi connectivity index (χ0) is 15.5. The molecule has 0 spiro atoms. The molecule has 114 valence electrons. The van der Waals surface area contributed by atoms with Gasteiger partial charge in [-0.15, -0.1) is 10.2 Å². The number of alkyl halides is 2. The maximum Gasteiger partial charge on any atom is 0.314 e. The lowest BCUT2D eigenvalue weighted by Crippen LogP contribution is -2.02. The number of imidazole rings is 1. The van der Waals surface area contributed by atoms with Crippen molar-refractivity contribution in [2.45, 2.75) is 13.0 Å². The Morgan fingerprint density at radius 2 is 2.14 bits per heavy atom. The summed E-state index contributed by atoms with van der Waals surface area (Å²) in [5.74, 6) is -0.712. The van der Waals surface area contributed by atoms with Crippen LogP contribution in [0, 0.1) is 0 Å². The van der Waals surface area contributed by atoms with Gasteiger partial charge in [0.2, 0.25) is 5.89 Å². The van der Waals surface area contributed by atoms with Gasteiger partial charge in [-0.2, -0.15) is 8.78 Å². The van der Waals surface area contributed by atoms with Gasteiger partial charge in [-0.25, -0.2) is 4.98 Å². The van der Waals surface area contributed by atoms with Gasteiger partial charge in [0.05, 0.1) is 11.3 Å². The van der Waals surface area contributed by atoms with Crippen LogP contribution < -0.4 is 4.74 Å². The Bertz CT molecular complexity index is 754. The summed E-state index contributed by atoms with van der Waals surface area (Å²) in [5, 5.41) is 6.82. The number of rotatable bonds is 5. The van der Waals surface area contributed by atoms with Gasteiger partial charge >= 0.3 is 6.43 Å². The van der Waals surface area contributed by atoms with E-state index in [-0.39, 0.29) is 12.5 Å². The van der Waals surface area contributed by atoms with Gasteiger partial charge in [0, 0.05) is 25.6 Å². The highest BCUT2D eigenvalue weighted by Gasteiger charge is 2.17. The van der Waals surface area contributed by atoms with E-state index in [9.17, 15) is 8.78 Å². The average Bonchev–Trinajstić information content (AvgIpc) is 3.15. The van der Waals surface area contributed by atoms with E-state index in [1.54, 1.807) is 29.1 Å². The number of hydrogen-bond donors (Lipinski definition) is 0. The number of aromatic nitrogens is 5. The normalized spacial score (nSPS) is 11.1. The monoisotopic (exact) mass is 307 g/mol. The fraction of sp³-hybridized carbons (Fsp3) is 0.231. The number of pyridine rings is 1. The molecule has 0 bridgehead atoms. The van der Waals surface area contributed by atoms with E-state index >= 15 is 0 Å². The molecule has 0 aromatic carbocycles. The van der Waals surface area contributed by atoms with Gasteiger partial charge in [0.15, 0.2) is 0 Å². The number of halogens is 2. The molecule has 9 heteroatoms. The molecule has 0 aliphatic heterocycles. The van der Waals surface area contributed by atoms with Crippen molar-refractivity contribution in [3.63, 3.8) is 0 Å². The van der Waals surface area contributed by atoms with E-state index in [0.29, 0.717) is 17.3 Å². The quantitative estimate of drug-likeness (QED) is 0.720. The number of nitrogens with zero attached hydrogens (tertiary/aromatic N) is 5. The Labute approximate surface area is 123 Å². The minimum Gasteiger partial charge on any atom is -0.458 e. The lowest BCUT2D eigenvalue weighted by Gasteiger charge is -2.05. The Balaban J connectivity index is 1.68. The molecule has 0 saturated carbocycles. The van der Waals surface area contributed by atoms with Crippen LogP contribution in [0.3, 0.4) is 0 Å².